The minimum Gasteiger partial charge on any atom is -0.308 e. The summed E-state index contributed by atoms with van der Waals surface area (Å²) in [6.45, 7) is 5.15. The minimum atomic E-state index is 0.523. The van der Waals surface area contributed by atoms with Crippen molar-refractivity contribution in [3.05, 3.63) is 52.0 Å². The molecule has 3 heteroatoms. The molecule has 0 aliphatic heterocycles. The Morgan fingerprint density at radius 3 is 2.67 bits per heavy atom. The van der Waals surface area contributed by atoms with Gasteiger partial charge in [-0.2, -0.15) is 0 Å². The van der Waals surface area contributed by atoms with E-state index in [0.717, 1.165) is 30.1 Å². The zero-order valence-corrected chi connectivity index (χ0v) is 11.8. The molecule has 18 heavy (non-hydrogen) atoms. The van der Waals surface area contributed by atoms with E-state index in [4.69, 9.17) is 0 Å². The fourth-order valence-corrected chi connectivity index (χ4v) is 2.61. The molecule has 0 spiro atoms. The van der Waals surface area contributed by atoms with E-state index in [0.29, 0.717) is 6.04 Å². The highest BCUT2D eigenvalue weighted by atomic mass is 32.1. The molecule has 0 bridgehead atoms. The fourth-order valence-electron chi connectivity index (χ4n) is 2.00. The van der Waals surface area contributed by atoms with Gasteiger partial charge in [0.05, 0.1) is 10.7 Å². The van der Waals surface area contributed by atoms with E-state index < -0.39 is 0 Å². The van der Waals surface area contributed by atoms with Gasteiger partial charge in [-0.1, -0.05) is 37.3 Å². The van der Waals surface area contributed by atoms with Gasteiger partial charge in [0.15, 0.2) is 0 Å². The summed E-state index contributed by atoms with van der Waals surface area (Å²) in [6.07, 6.45) is 2.22. The first kappa shape index (κ1) is 13.2. The number of nitrogens with zero attached hydrogens (tertiary/aromatic N) is 1. The predicted octanol–water partition coefficient (Wildman–Crippen LogP) is 3.56. The van der Waals surface area contributed by atoms with Crippen LogP contribution in [0.2, 0.25) is 0 Å². The van der Waals surface area contributed by atoms with Crippen LogP contribution < -0.4 is 5.32 Å². The average molecular weight is 260 g/mol. The quantitative estimate of drug-likeness (QED) is 0.859. The molecule has 2 aromatic rings. The van der Waals surface area contributed by atoms with E-state index in [1.54, 1.807) is 11.3 Å². The van der Waals surface area contributed by atoms with Crippen molar-refractivity contribution in [3.8, 4) is 0 Å². The van der Waals surface area contributed by atoms with Crippen LogP contribution in [-0.2, 0) is 13.0 Å². The van der Waals surface area contributed by atoms with Crippen molar-refractivity contribution in [2.45, 2.75) is 39.3 Å². The van der Waals surface area contributed by atoms with Crippen LogP contribution in [0.25, 0.3) is 0 Å². The minimum absolute atomic E-state index is 0.523. The molecule has 1 N–H and O–H groups in total. The van der Waals surface area contributed by atoms with Crippen LogP contribution in [0, 0.1) is 6.92 Å². The van der Waals surface area contributed by atoms with Crippen LogP contribution in [0.3, 0.4) is 0 Å². The largest absolute Gasteiger partial charge is 0.308 e. The second-order valence-corrected chi connectivity index (χ2v) is 5.60. The molecule has 1 aromatic carbocycles. The maximum atomic E-state index is 4.48. The molecular formula is C15H20N2S. The summed E-state index contributed by atoms with van der Waals surface area (Å²) in [5, 5.41) is 6.87. The van der Waals surface area contributed by atoms with Gasteiger partial charge < -0.3 is 5.32 Å². The van der Waals surface area contributed by atoms with Gasteiger partial charge in [-0.15, -0.1) is 11.3 Å². The van der Waals surface area contributed by atoms with Crippen molar-refractivity contribution in [2.75, 3.05) is 0 Å². The lowest BCUT2D eigenvalue weighted by Crippen LogP contribution is -2.30. The second kappa shape index (κ2) is 6.66. The van der Waals surface area contributed by atoms with Gasteiger partial charge >= 0.3 is 0 Å². The zero-order chi connectivity index (χ0) is 12.8. The van der Waals surface area contributed by atoms with E-state index in [-0.39, 0.29) is 0 Å². The van der Waals surface area contributed by atoms with Crippen LogP contribution in [0.4, 0.5) is 0 Å². The summed E-state index contributed by atoms with van der Waals surface area (Å²) in [4.78, 5) is 4.48. The van der Waals surface area contributed by atoms with Crippen molar-refractivity contribution in [3.63, 3.8) is 0 Å². The summed E-state index contributed by atoms with van der Waals surface area (Å²) in [7, 11) is 0. The maximum absolute atomic E-state index is 4.48. The highest BCUT2D eigenvalue weighted by Gasteiger charge is 2.07. The van der Waals surface area contributed by atoms with Crippen molar-refractivity contribution in [1.29, 1.82) is 0 Å². The molecule has 1 atom stereocenters. The number of aromatic nitrogens is 1. The van der Waals surface area contributed by atoms with Crippen molar-refractivity contribution < 1.29 is 0 Å². The van der Waals surface area contributed by atoms with Crippen LogP contribution in [0.15, 0.2) is 35.7 Å². The third-order valence-corrected chi connectivity index (χ3v) is 3.88. The SMILES string of the molecule is CCC(Cc1ccccc1)NCc1csc(C)n1. The van der Waals surface area contributed by atoms with Crippen LogP contribution in [-0.4, -0.2) is 11.0 Å². The maximum Gasteiger partial charge on any atom is 0.0897 e. The summed E-state index contributed by atoms with van der Waals surface area (Å²) in [5.74, 6) is 0. The van der Waals surface area contributed by atoms with E-state index in [2.05, 4.69) is 59.9 Å². The number of benzene rings is 1. The monoisotopic (exact) mass is 260 g/mol. The normalized spacial score (nSPS) is 12.6. The molecule has 1 heterocycles. The van der Waals surface area contributed by atoms with Gasteiger partial charge in [-0.25, -0.2) is 4.98 Å². The standard InChI is InChI=1S/C15H20N2S/c1-3-14(9-13-7-5-4-6-8-13)16-10-15-11-18-12(2)17-15/h4-8,11,14,16H,3,9-10H2,1-2H3. The Morgan fingerprint density at radius 1 is 1.28 bits per heavy atom. The van der Waals surface area contributed by atoms with Crippen LogP contribution >= 0.6 is 11.3 Å². The summed E-state index contributed by atoms with van der Waals surface area (Å²) in [5.41, 5.74) is 2.55. The van der Waals surface area contributed by atoms with E-state index >= 15 is 0 Å². The molecule has 1 unspecified atom stereocenters. The molecule has 0 saturated heterocycles. The molecule has 2 nitrogen and oxygen atoms in total. The molecule has 0 fully saturated rings. The smallest absolute Gasteiger partial charge is 0.0897 e. The van der Waals surface area contributed by atoms with Gasteiger partial charge in [-0.3, -0.25) is 0 Å². The van der Waals surface area contributed by atoms with Crippen LogP contribution in [0.5, 0.6) is 0 Å². The van der Waals surface area contributed by atoms with Crippen molar-refractivity contribution >= 4 is 11.3 Å². The first-order chi connectivity index (χ1) is 8.78. The van der Waals surface area contributed by atoms with E-state index in [1.807, 2.05) is 0 Å². The molecule has 0 amide bonds. The highest BCUT2D eigenvalue weighted by Crippen LogP contribution is 2.09. The summed E-state index contributed by atoms with van der Waals surface area (Å²) < 4.78 is 0. The molecule has 0 aliphatic rings. The number of hydrogen-bond acceptors (Lipinski definition) is 3. The number of hydrogen-bond donors (Lipinski definition) is 1. The third-order valence-electron chi connectivity index (χ3n) is 3.06. The molecule has 96 valence electrons. The Balaban J connectivity index is 1.86. The fraction of sp³-hybridized carbons (Fsp3) is 0.400. The Labute approximate surface area is 113 Å². The second-order valence-electron chi connectivity index (χ2n) is 4.53. The van der Waals surface area contributed by atoms with E-state index in [1.165, 1.54) is 5.56 Å². The summed E-state index contributed by atoms with van der Waals surface area (Å²) in [6, 6.07) is 11.2. The van der Waals surface area contributed by atoms with Gasteiger partial charge in [0.1, 0.15) is 0 Å². The first-order valence-electron chi connectivity index (χ1n) is 6.46. The molecule has 0 radical (unpaired) electrons. The van der Waals surface area contributed by atoms with Gasteiger partial charge in [0.2, 0.25) is 0 Å². The number of aryl methyl sites for hydroxylation is 1. The zero-order valence-electron chi connectivity index (χ0n) is 11.0. The average Bonchev–Trinajstić information content (AvgIpc) is 2.81. The predicted molar refractivity (Wildman–Crippen MR) is 77.9 cm³/mol. The van der Waals surface area contributed by atoms with Crippen LogP contribution in [0.1, 0.15) is 29.6 Å². The Hall–Kier alpha value is -1.19. The lowest BCUT2D eigenvalue weighted by atomic mass is 10.0. The Kier molecular flexibility index (Phi) is 4.90. The molecule has 1 aromatic heterocycles. The number of nitrogens with one attached hydrogen (secondary N) is 1. The molecule has 0 saturated carbocycles. The molecular weight excluding hydrogens is 240 g/mol. The molecule has 2 rings (SSSR count). The van der Waals surface area contributed by atoms with Gasteiger partial charge in [-0.05, 0) is 25.3 Å². The first-order valence-corrected chi connectivity index (χ1v) is 7.34. The van der Waals surface area contributed by atoms with Crippen molar-refractivity contribution in [2.24, 2.45) is 0 Å². The lowest BCUT2D eigenvalue weighted by molar-refractivity contribution is 0.491. The number of rotatable bonds is 6. The molecule has 0 aliphatic carbocycles. The Bertz CT molecular complexity index is 464. The highest BCUT2D eigenvalue weighted by molar-refractivity contribution is 7.09. The van der Waals surface area contributed by atoms with E-state index in [9.17, 15) is 0 Å². The topological polar surface area (TPSA) is 24.9 Å². The Morgan fingerprint density at radius 2 is 2.06 bits per heavy atom. The third kappa shape index (κ3) is 3.93. The van der Waals surface area contributed by atoms with Gasteiger partial charge in [0.25, 0.3) is 0 Å². The van der Waals surface area contributed by atoms with Gasteiger partial charge in [0, 0.05) is 18.0 Å². The summed E-state index contributed by atoms with van der Waals surface area (Å²) >= 11 is 1.72. The lowest BCUT2D eigenvalue weighted by Gasteiger charge is -2.16. The van der Waals surface area contributed by atoms with Crippen molar-refractivity contribution in [1.82, 2.24) is 10.3 Å². The number of thiazole rings is 1.